The first-order valence-electron chi connectivity index (χ1n) is 6.44. The minimum atomic E-state index is -4.57. The Labute approximate surface area is 134 Å². The predicted molar refractivity (Wildman–Crippen MR) is 76.4 cm³/mol. The Hall–Kier alpha value is -2.22. The number of rotatable bonds is 5. The van der Waals surface area contributed by atoms with Crippen LogP contribution < -0.4 is 4.74 Å². The molecule has 0 aliphatic carbocycles. The molecular weight excluding hydrogens is 337 g/mol. The van der Waals surface area contributed by atoms with Gasteiger partial charge in [-0.25, -0.2) is 0 Å². The van der Waals surface area contributed by atoms with Crippen LogP contribution in [-0.4, -0.2) is 27.5 Å². The van der Waals surface area contributed by atoms with Crippen molar-refractivity contribution < 1.29 is 27.8 Å². The molecule has 124 valence electrons. The minimum Gasteiger partial charge on any atom is -0.492 e. The van der Waals surface area contributed by atoms with Gasteiger partial charge in [0.25, 0.3) is 0 Å². The molecule has 0 atom stereocenters. The Morgan fingerprint density at radius 3 is 2.65 bits per heavy atom. The minimum absolute atomic E-state index is 0.117. The van der Waals surface area contributed by atoms with E-state index in [1.54, 1.807) is 0 Å². The van der Waals surface area contributed by atoms with Crippen LogP contribution in [0.4, 0.5) is 13.2 Å². The molecule has 0 aliphatic heterocycles. The molecule has 0 unspecified atom stereocenters. The normalized spacial score (nSPS) is 11.5. The summed E-state index contributed by atoms with van der Waals surface area (Å²) in [7, 11) is 1.37. The quantitative estimate of drug-likeness (QED) is 0.896. The van der Waals surface area contributed by atoms with Crippen molar-refractivity contribution in [3.8, 4) is 17.0 Å². The molecule has 23 heavy (non-hydrogen) atoms. The van der Waals surface area contributed by atoms with E-state index in [1.807, 2.05) is 0 Å². The number of nitrogens with zero attached hydrogens (tertiary/aromatic N) is 2. The number of alkyl halides is 3. The van der Waals surface area contributed by atoms with E-state index < -0.39 is 17.8 Å². The number of carboxylic acid groups (broad SMARTS) is 1. The molecule has 0 amide bonds. The van der Waals surface area contributed by atoms with E-state index in [9.17, 15) is 18.0 Å². The number of hydrogen-bond donors (Lipinski definition) is 1. The lowest BCUT2D eigenvalue weighted by Gasteiger charge is -2.11. The van der Waals surface area contributed by atoms with Crippen molar-refractivity contribution in [1.82, 2.24) is 9.78 Å². The van der Waals surface area contributed by atoms with Crippen molar-refractivity contribution >= 4 is 17.6 Å². The van der Waals surface area contributed by atoms with Crippen LogP contribution >= 0.6 is 11.6 Å². The lowest BCUT2D eigenvalue weighted by Crippen LogP contribution is -2.06. The third-order valence-corrected chi connectivity index (χ3v) is 3.20. The summed E-state index contributed by atoms with van der Waals surface area (Å²) < 4.78 is 44.7. The number of benzene rings is 1. The summed E-state index contributed by atoms with van der Waals surface area (Å²) in [5.41, 5.74) is -0.579. The molecule has 0 bridgehead atoms. The Kier molecular flexibility index (Phi) is 4.84. The van der Waals surface area contributed by atoms with Crippen molar-refractivity contribution in [3.05, 3.63) is 35.0 Å². The molecule has 1 N–H and O–H groups in total. The number of carbonyl (C=O) groups is 1. The zero-order chi connectivity index (χ0) is 17.2. The average Bonchev–Trinajstić information content (AvgIpc) is 2.82. The Morgan fingerprint density at radius 2 is 2.09 bits per heavy atom. The molecular formula is C14H12ClF3N2O3. The second-order valence-electron chi connectivity index (χ2n) is 4.67. The molecule has 0 fully saturated rings. The number of carboxylic acids is 1. The second kappa shape index (κ2) is 6.49. The van der Waals surface area contributed by atoms with Crippen molar-refractivity contribution in [1.29, 1.82) is 0 Å². The van der Waals surface area contributed by atoms with Gasteiger partial charge in [-0.15, -0.1) is 0 Å². The Morgan fingerprint density at radius 1 is 1.39 bits per heavy atom. The van der Waals surface area contributed by atoms with Gasteiger partial charge in [0.2, 0.25) is 0 Å². The molecule has 5 nitrogen and oxygen atoms in total. The molecule has 1 heterocycles. The van der Waals surface area contributed by atoms with Gasteiger partial charge in [-0.1, -0.05) is 11.6 Å². The van der Waals surface area contributed by atoms with E-state index in [0.29, 0.717) is 10.6 Å². The highest BCUT2D eigenvalue weighted by Crippen LogP contribution is 2.36. The van der Waals surface area contributed by atoms with E-state index in [0.717, 1.165) is 10.7 Å². The van der Waals surface area contributed by atoms with Crippen molar-refractivity contribution in [3.63, 3.8) is 0 Å². The van der Waals surface area contributed by atoms with Gasteiger partial charge < -0.3 is 9.84 Å². The standard InChI is InChI=1S/C14H12ClF3N2O3/c1-20-10(7-12(19-20)14(16,17)18)9-6-8(15)2-3-11(9)23-5-4-13(21)22/h2-3,6-7H,4-5H2,1H3,(H,21,22). The summed E-state index contributed by atoms with van der Waals surface area (Å²) in [6.07, 6.45) is -4.81. The van der Waals surface area contributed by atoms with Crippen LogP contribution in [-0.2, 0) is 18.0 Å². The van der Waals surface area contributed by atoms with Crippen molar-refractivity contribution in [2.45, 2.75) is 12.6 Å². The van der Waals surface area contributed by atoms with Gasteiger partial charge >= 0.3 is 12.1 Å². The number of halogens is 4. The molecule has 2 aromatic rings. The fourth-order valence-electron chi connectivity index (χ4n) is 1.93. The maximum atomic E-state index is 12.8. The first kappa shape index (κ1) is 17.1. The van der Waals surface area contributed by atoms with Crippen molar-refractivity contribution in [2.24, 2.45) is 7.05 Å². The molecule has 0 saturated heterocycles. The summed E-state index contributed by atoms with van der Waals surface area (Å²) in [5, 5.41) is 12.4. The van der Waals surface area contributed by atoms with Crippen molar-refractivity contribution in [2.75, 3.05) is 6.61 Å². The summed E-state index contributed by atoms with van der Waals surface area (Å²) in [5.74, 6) is -0.812. The third-order valence-electron chi connectivity index (χ3n) is 2.96. The predicted octanol–water partition coefficient (Wildman–Crippen LogP) is 3.61. The lowest BCUT2D eigenvalue weighted by molar-refractivity contribution is -0.141. The van der Waals surface area contributed by atoms with Crippen LogP contribution in [0.1, 0.15) is 12.1 Å². The number of ether oxygens (including phenoxy) is 1. The third kappa shape index (κ3) is 4.16. The zero-order valence-corrected chi connectivity index (χ0v) is 12.6. The van der Waals surface area contributed by atoms with Gasteiger partial charge in [-0.2, -0.15) is 18.3 Å². The lowest BCUT2D eigenvalue weighted by atomic mass is 10.1. The molecule has 1 aromatic heterocycles. The van der Waals surface area contributed by atoms with E-state index >= 15 is 0 Å². The highest BCUT2D eigenvalue weighted by Gasteiger charge is 2.35. The summed E-state index contributed by atoms with van der Waals surface area (Å²) in [6, 6.07) is 5.30. The summed E-state index contributed by atoms with van der Waals surface area (Å²) in [6.45, 7) is -0.117. The zero-order valence-electron chi connectivity index (χ0n) is 11.9. The van der Waals surface area contributed by atoms with Gasteiger partial charge in [-0.3, -0.25) is 9.48 Å². The molecule has 9 heteroatoms. The Bertz CT molecular complexity index is 729. The van der Waals surface area contributed by atoms with Crippen LogP contribution in [0.3, 0.4) is 0 Å². The first-order chi connectivity index (χ1) is 10.7. The molecule has 0 saturated carbocycles. The molecule has 1 aromatic carbocycles. The summed E-state index contributed by atoms with van der Waals surface area (Å²) >= 11 is 5.90. The van der Waals surface area contributed by atoms with Gasteiger partial charge in [0.1, 0.15) is 5.75 Å². The topological polar surface area (TPSA) is 64.4 Å². The van der Waals surface area contributed by atoms with E-state index in [4.69, 9.17) is 21.4 Å². The highest BCUT2D eigenvalue weighted by atomic mass is 35.5. The molecule has 2 rings (SSSR count). The smallest absolute Gasteiger partial charge is 0.435 e. The fourth-order valence-corrected chi connectivity index (χ4v) is 2.11. The Balaban J connectivity index is 2.40. The highest BCUT2D eigenvalue weighted by molar-refractivity contribution is 6.30. The second-order valence-corrected chi connectivity index (χ2v) is 5.11. The van der Waals surface area contributed by atoms with Gasteiger partial charge in [0.05, 0.1) is 18.7 Å². The van der Waals surface area contributed by atoms with Gasteiger partial charge in [0, 0.05) is 17.6 Å². The SMILES string of the molecule is Cn1nc(C(F)(F)F)cc1-c1cc(Cl)ccc1OCCC(=O)O. The molecule has 0 radical (unpaired) electrons. The maximum Gasteiger partial charge on any atom is 0.435 e. The van der Waals surface area contributed by atoms with Gasteiger partial charge in [0.15, 0.2) is 5.69 Å². The van der Waals surface area contributed by atoms with Crippen LogP contribution in [0.25, 0.3) is 11.3 Å². The van der Waals surface area contributed by atoms with E-state index in [1.165, 1.54) is 25.2 Å². The van der Waals surface area contributed by atoms with E-state index in [2.05, 4.69) is 5.10 Å². The van der Waals surface area contributed by atoms with E-state index in [-0.39, 0.29) is 24.5 Å². The molecule has 0 spiro atoms. The average molecular weight is 349 g/mol. The first-order valence-corrected chi connectivity index (χ1v) is 6.82. The van der Waals surface area contributed by atoms with Crippen LogP contribution in [0.2, 0.25) is 5.02 Å². The monoisotopic (exact) mass is 348 g/mol. The van der Waals surface area contributed by atoms with Crippen LogP contribution in [0, 0.1) is 0 Å². The number of aromatic nitrogens is 2. The maximum absolute atomic E-state index is 12.8. The fraction of sp³-hybridized carbons (Fsp3) is 0.286. The summed E-state index contributed by atoms with van der Waals surface area (Å²) in [4.78, 5) is 10.5. The number of aliphatic carboxylic acids is 1. The van der Waals surface area contributed by atoms with Crippen LogP contribution in [0.15, 0.2) is 24.3 Å². The largest absolute Gasteiger partial charge is 0.492 e. The molecule has 0 aliphatic rings. The van der Waals surface area contributed by atoms with Gasteiger partial charge in [-0.05, 0) is 24.3 Å². The number of hydrogen-bond acceptors (Lipinski definition) is 3. The van der Waals surface area contributed by atoms with Crippen LogP contribution in [0.5, 0.6) is 5.75 Å². The number of aryl methyl sites for hydroxylation is 1.